The minimum Gasteiger partial charge on any atom is -0.465 e. The molecule has 0 spiro atoms. The Bertz CT molecular complexity index is 2240. The number of fused-ring (bicyclic) bond motifs is 1. The van der Waals surface area contributed by atoms with Crippen molar-refractivity contribution in [1.82, 2.24) is 24.9 Å². The van der Waals surface area contributed by atoms with Crippen LogP contribution in [0.3, 0.4) is 0 Å². The Kier molecular flexibility index (Phi) is 20.3. The molecule has 366 valence electrons. The number of pyridine rings is 1. The van der Waals surface area contributed by atoms with Gasteiger partial charge in [0.1, 0.15) is 24.0 Å². The van der Waals surface area contributed by atoms with E-state index >= 15 is 0 Å². The first-order valence-corrected chi connectivity index (χ1v) is 22.4. The number of morpholine rings is 2. The van der Waals surface area contributed by atoms with Gasteiger partial charge in [0, 0.05) is 76.2 Å². The van der Waals surface area contributed by atoms with E-state index in [0.717, 1.165) is 92.4 Å². The number of nitrogens with two attached hydrogens (primary N) is 2. The molecule has 0 aliphatic carbocycles. The Hall–Kier alpha value is -6.68. The van der Waals surface area contributed by atoms with Crippen LogP contribution in [0.4, 0.5) is 57.1 Å². The van der Waals surface area contributed by atoms with Crippen LogP contribution in [0.2, 0.25) is 0 Å². The molecule has 0 amide bonds. The van der Waals surface area contributed by atoms with Crippen molar-refractivity contribution < 1.29 is 33.4 Å². The lowest BCUT2D eigenvalue weighted by Crippen LogP contribution is -2.38. The van der Waals surface area contributed by atoms with Gasteiger partial charge in [-0.3, -0.25) is 24.4 Å². The van der Waals surface area contributed by atoms with Gasteiger partial charge >= 0.3 is 11.7 Å². The van der Waals surface area contributed by atoms with Gasteiger partial charge in [-0.1, -0.05) is 46.2 Å². The van der Waals surface area contributed by atoms with E-state index < -0.39 is 16.6 Å². The van der Waals surface area contributed by atoms with Crippen molar-refractivity contribution in [3.05, 3.63) is 69.4 Å². The number of nitrogens with zero attached hydrogens (tertiary/aromatic N) is 10. The molecule has 7 rings (SSSR count). The number of aromatic nitrogens is 5. The van der Waals surface area contributed by atoms with Crippen LogP contribution < -0.4 is 41.7 Å². The fraction of sp³-hybridized carbons (Fsp3) is 0.533. The number of esters is 1. The number of Topliss-reactive ketones (excluding diaryl/α,β-unsaturated/α-hetero) is 1. The van der Waals surface area contributed by atoms with Gasteiger partial charge in [-0.05, 0) is 55.2 Å². The molecule has 3 aliphatic rings. The molecule has 6 heterocycles. The summed E-state index contributed by atoms with van der Waals surface area (Å²) >= 11 is 0. The van der Waals surface area contributed by atoms with E-state index in [4.69, 9.17) is 35.4 Å². The number of ether oxygens (including phenoxy) is 3. The first-order valence-electron chi connectivity index (χ1n) is 22.8. The molecule has 1 aromatic carbocycles. The first kappa shape index (κ1) is 51.3. The van der Waals surface area contributed by atoms with Crippen LogP contribution in [-0.4, -0.2) is 128 Å². The van der Waals surface area contributed by atoms with Gasteiger partial charge in [0.15, 0.2) is 5.78 Å². The molecule has 0 unspecified atom stereocenters. The zero-order valence-corrected chi connectivity index (χ0v) is 38.0. The third kappa shape index (κ3) is 14.9. The van der Waals surface area contributed by atoms with Crippen LogP contribution in [-0.2, 0) is 43.3 Å². The van der Waals surface area contributed by atoms with Crippen LogP contribution in [0.15, 0.2) is 42.6 Å². The van der Waals surface area contributed by atoms with E-state index in [2.05, 4.69) is 54.8 Å². The SMILES string of the molecule is C.CCCCNc1nc(N)c([N+](=O)[O-])c(N(CC(=O)OCC)Cc2cccc(N3CCOCC3)c2)n1.CCCCNc1nc(N)c2c(n1)N(Cc1ccnc(N3CCOCC3)c1)CC(=O)C2.[2H]F. The summed E-state index contributed by atoms with van der Waals surface area (Å²) in [5.74, 6) is 2.03. The van der Waals surface area contributed by atoms with Gasteiger partial charge in [0.2, 0.25) is 23.5 Å². The van der Waals surface area contributed by atoms with Crippen LogP contribution in [0, 0.1) is 10.1 Å². The Labute approximate surface area is 393 Å². The smallest absolute Gasteiger partial charge is 0.353 e. The van der Waals surface area contributed by atoms with Crippen molar-refractivity contribution in [1.29, 1.82) is 1.45 Å². The minimum atomic E-state index is -0.622. The quantitative estimate of drug-likeness (QED) is 0.0417. The first-order chi connectivity index (χ1) is 32.6. The van der Waals surface area contributed by atoms with E-state index in [-0.39, 0.29) is 56.9 Å². The molecule has 6 N–H and O–H groups in total. The van der Waals surface area contributed by atoms with Crippen molar-refractivity contribution in [2.45, 2.75) is 73.4 Å². The number of halogens is 1. The Morgan fingerprint density at radius 3 is 2.19 bits per heavy atom. The van der Waals surface area contributed by atoms with E-state index in [1.54, 1.807) is 6.92 Å². The number of rotatable bonds is 19. The lowest BCUT2D eigenvalue weighted by Gasteiger charge is -2.31. The minimum absolute atomic E-state index is 0. The fourth-order valence-corrected chi connectivity index (χ4v) is 7.57. The normalized spacial score (nSPS) is 14.5. The number of anilines is 8. The molecule has 2 saturated heterocycles. The third-order valence-electron chi connectivity index (χ3n) is 10.9. The molecule has 3 aliphatic heterocycles. The van der Waals surface area contributed by atoms with Gasteiger partial charge in [-0.15, -0.1) is 0 Å². The van der Waals surface area contributed by atoms with Gasteiger partial charge < -0.3 is 55.9 Å². The highest BCUT2D eigenvalue weighted by molar-refractivity contribution is 5.91. The number of nitrogens with one attached hydrogen (secondary N) is 2. The summed E-state index contributed by atoms with van der Waals surface area (Å²) < 4.78 is 29.0. The lowest BCUT2D eigenvalue weighted by molar-refractivity contribution is -0.383. The maximum atomic E-state index is 12.4. The topological polar surface area (TPSA) is 258 Å². The second kappa shape index (κ2) is 26.5. The average Bonchev–Trinajstić information content (AvgIpc) is 3.33. The van der Waals surface area contributed by atoms with Crippen molar-refractivity contribution >= 4 is 64.1 Å². The van der Waals surface area contributed by atoms with Gasteiger partial charge in [-0.25, -0.2) is 4.98 Å². The lowest BCUT2D eigenvalue weighted by atomic mass is 10.0. The Balaban J connectivity index is 0.000000285. The van der Waals surface area contributed by atoms with E-state index in [1.807, 2.05) is 48.4 Å². The molecule has 22 heteroatoms. The van der Waals surface area contributed by atoms with E-state index in [1.165, 1.54) is 4.90 Å². The predicted molar refractivity (Wildman–Crippen MR) is 260 cm³/mol. The summed E-state index contributed by atoms with van der Waals surface area (Å²) in [5, 5.41) is 18.2. The van der Waals surface area contributed by atoms with Crippen molar-refractivity contribution in [2.24, 2.45) is 0 Å². The molecule has 3 aromatic heterocycles. The van der Waals surface area contributed by atoms with Gasteiger partial charge in [0.25, 0.3) is 1.45 Å². The van der Waals surface area contributed by atoms with Crippen LogP contribution in [0.1, 0.15) is 70.6 Å². The molecular weight excluding hydrogens is 868 g/mol. The Morgan fingerprint density at radius 1 is 0.910 bits per heavy atom. The zero-order valence-electron chi connectivity index (χ0n) is 39.0. The molecule has 0 saturated carbocycles. The Morgan fingerprint density at radius 2 is 1.55 bits per heavy atom. The van der Waals surface area contributed by atoms with Crippen LogP contribution in [0.25, 0.3) is 0 Å². The van der Waals surface area contributed by atoms with E-state index in [9.17, 15) is 19.7 Å². The molecule has 67 heavy (non-hydrogen) atoms. The number of hydrogen-bond donors (Lipinski definition) is 4. The number of unbranched alkanes of at least 4 members (excludes halogenated alkanes) is 2. The molecule has 4 aromatic rings. The number of hydrogen-bond acceptors (Lipinski definition) is 20. The number of nitro groups is 1. The molecule has 0 atom stereocenters. The molecule has 0 radical (unpaired) electrons. The van der Waals surface area contributed by atoms with Crippen LogP contribution >= 0.6 is 0 Å². The summed E-state index contributed by atoms with van der Waals surface area (Å²) in [7, 11) is 0. The average molecular weight is 936 g/mol. The number of carbonyl (C=O) groups is 2. The summed E-state index contributed by atoms with van der Waals surface area (Å²) in [6.07, 6.45) is 6.04. The van der Waals surface area contributed by atoms with Crippen molar-refractivity contribution in [3.8, 4) is 0 Å². The second-order valence-corrected chi connectivity index (χ2v) is 15.8. The number of nitrogen functional groups attached to an aromatic ring is 2. The highest BCUT2D eigenvalue weighted by Crippen LogP contribution is 2.34. The van der Waals surface area contributed by atoms with Crippen molar-refractivity contribution in [2.75, 3.05) is 127 Å². The highest BCUT2D eigenvalue weighted by atomic mass is 19.0. The predicted octanol–water partition coefficient (Wildman–Crippen LogP) is 5.01. The highest BCUT2D eigenvalue weighted by Gasteiger charge is 2.30. The monoisotopic (exact) mass is 936 g/mol. The van der Waals surface area contributed by atoms with Gasteiger partial charge in [0.05, 0.1) is 44.5 Å². The molecule has 2 fully saturated rings. The fourth-order valence-electron chi connectivity index (χ4n) is 7.57. The summed E-state index contributed by atoms with van der Waals surface area (Å²) in [6.45, 7) is 14.2. The van der Waals surface area contributed by atoms with Gasteiger partial charge in [-0.2, -0.15) is 19.9 Å². The number of ketones is 1. The zero-order chi connectivity index (χ0) is 48.1. The molecular formula is C45H67FN14O7. The number of carbonyl (C=O) groups excluding carboxylic acids is 2. The standard InChI is InChI=1S/C23H33N7O5.C21H29N7O2.CH4.FH/c1-3-5-9-25-23-26-21(24)20(30(32)33)22(27-23)29(16-19(31)35-4-2)15-17-7-6-8-18(14-17)28-10-12-34-13-11-28;1-2-3-5-24-21-25-19(22)17-12-16(29)14-28(20(17)26-21)13-15-4-6-23-18(11-15)27-7-9-30-10-8-27;;/h6-8,14H,3-5,9-13,15-16H2,1-2H3,(H3,24,25,26,27);4,6,11H,2-3,5,7-10,12-14H2,1H3,(H3,22,24,25,26);1H4;1H/i/hD. The second-order valence-electron chi connectivity index (χ2n) is 15.8. The maximum Gasteiger partial charge on any atom is 0.353 e. The number of benzene rings is 1. The third-order valence-corrected chi connectivity index (χ3v) is 10.9. The molecule has 0 bridgehead atoms. The maximum absolute atomic E-state index is 12.4. The van der Waals surface area contributed by atoms with E-state index in [0.29, 0.717) is 57.8 Å². The van der Waals surface area contributed by atoms with Crippen LogP contribution in [0.5, 0.6) is 0 Å². The summed E-state index contributed by atoms with van der Waals surface area (Å²) in [4.78, 5) is 66.1. The summed E-state index contributed by atoms with van der Waals surface area (Å²) in [5.41, 5.74) is 15.4. The van der Waals surface area contributed by atoms with Crippen molar-refractivity contribution in [3.63, 3.8) is 0 Å². The largest absolute Gasteiger partial charge is 0.465 e. The summed E-state index contributed by atoms with van der Waals surface area (Å²) in [6, 6.07) is 11.9. The molecule has 21 nitrogen and oxygen atoms in total.